The first-order valence-corrected chi connectivity index (χ1v) is 7.20. The van der Waals surface area contributed by atoms with Gasteiger partial charge in [0.1, 0.15) is 18.1 Å². The number of amides is 3. The van der Waals surface area contributed by atoms with Crippen molar-refractivity contribution >= 4 is 23.7 Å². The number of nitrogens with two attached hydrogens (primary N) is 2. The quantitative estimate of drug-likeness (QED) is 0.333. The molecule has 23 heavy (non-hydrogen) atoms. The van der Waals surface area contributed by atoms with Gasteiger partial charge in [-0.05, 0) is 19.8 Å². The zero-order valence-corrected chi connectivity index (χ0v) is 12.8. The maximum Gasteiger partial charge on any atom is 0.326 e. The van der Waals surface area contributed by atoms with Gasteiger partial charge in [0.15, 0.2) is 0 Å². The smallest absolute Gasteiger partial charge is 0.326 e. The van der Waals surface area contributed by atoms with Gasteiger partial charge in [0, 0.05) is 6.54 Å². The number of aliphatic carboxylic acids is 1. The zero-order chi connectivity index (χ0) is 17.7. The lowest BCUT2D eigenvalue weighted by Gasteiger charge is -2.27. The first kappa shape index (κ1) is 18.8. The maximum atomic E-state index is 12.5. The van der Waals surface area contributed by atoms with E-state index in [4.69, 9.17) is 16.6 Å². The van der Waals surface area contributed by atoms with Crippen molar-refractivity contribution in [1.29, 1.82) is 0 Å². The van der Waals surface area contributed by atoms with Crippen LogP contribution in [0.1, 0.15) is 26.2 Å². The molecule has 1 saturated heterocycles. The average molecular weight is 330 g/mol. The van der Waals surface area contributed by atoms with Crippen molar-refractivity contribution in [2.24, 2.45) is 11.5 Å². The molecule has 10 heteroatoms. The summed E-state index contributed by atoms with van der Waals surface area (Å²) in [6.45, 7) is 1.51. The minimum atomic E-state index is -1.32. The van der Waals surface area contributed by atoms with Crippen LogP contribution in [-0.4, -0.2) is 69.6 Å². The van der Waals surface area contributed by atoms with E-state index in [0.717, 1.165) is 4.90 Å². The van der Waals surface area contributed by atoms with Crippen molar-refractivity contribution in [3.8, 4) is 0 Å². The van der Waals surface area contributed by atoms with Crippen LogP contribution < -0.4 is 16.8 Å². The van der Waals surface area contributed by atoms with Gasteiger partial charge in [-0.25, -0.2) is 4.79 Å². The highest BCUT2D eigenvalue weighted by molar-refractivity contribution is 5.95. The standard InChI is InChI=1S/C13H22N4O6/c1-6(18)10(15)11(20)16-7(5-9(14)19)12(21)17-4-2-3-8(17)13(22)23/h6-8,10,18H,2-5,15H2,1H3,(H2,14,19)(H,16,20)(H,22,23). The van der Waals surface area contributed by atoms with Gasteiger partial charge in [0.25, 0.3) is 0 Å². The number of likely N-dealkylation sites (tertiary alicyclic amines) is 1. The van der Waals surface area contributed by atoms with Crippen LogP contribution in [0.25, 0.3) is 0 Å². The second kappa shape index (κ2) is 7.88. The van der Waals surface area contributed by atoms with Crippen molar-refractivity contribution in [3.05, 3.63) is 0 Å². The molecule has 1 fully saturated rings. The summed E-state index contributed by atoms with van der Waals surface area (Å²) < 4.78 is 0. The van der Waals surface area contributed by atoms with E-state index in [1.807, 2.05) is 0 Å². The second-order valence-electron chi connectivity index (χ2n) is 5.53. The predicted molar refractivity (Wildman–Crippen MR) is 77.8 cm³/mol. The number of primary amides is 1. The number of carbonyl (C=O) groups is 4. The van der Waals surface area contributed by atoms with Gasteiger partial charge in [-0.3, -0.25) is 14.4 Å². The van der Waals surface area contributed by atoms with E-state index in [9.17, 15) is 24.3 Å². The molecule has 0 radical (unpaired) electrons. The third kappa shape index (κ3) is 4.89. The molecule has 0 spiro atoms. The Hall–Kier alpha value is -2.20. The number of hydrogen-bond acceptors (Lipinski definition) is 6. The fraction of sp³-hybridized carbons (Fsp3) is 0.692. The van der Waals surface area contributed by atoms with Crippen molar-refractivity contribution in [2.45, 2.75) is 50.4 Å². The molecule has 7 N–H and O–H groups in total. The maximum absolute atomic E-state index is 12.5. The average Bonchev–Trinajstić information content (AvgIpc) is 2.93. The molecule has 0 aromatic carbocycles. The molecule has 10 nitrogen and oxygen atoms in total. The number of carboxylic acid groups (broad SMARTS) is 1. The summed E-state index contributed by atoms with van der Waals surface area (Å²) in [5.41, 5.74) is 10.5. The van der Waals surface area contributed by atoms with Gasteiger partial charge >= 0.3 is 5.97 Å². The summed E-state index contributed by atoms with van der Waals surface area (Å²) in [5.74, 6) is -3.52. The van der Waals surface area contributed by atoms with Gasteiger partial charge < -0.3 is 31.9 Å². The summed E-state index contributed by atoms with van der Waals surface area (Å²) in [6.07, 6.45) is -0.837. The number of hydrogen-bond donors (Lipinski definition) is 5. The molecular formula is C13H22N4O6. The molecule has 4 unspecified atom stereocenters. The van der Waals surface area contributed by atoms with Crippen LogP contribution in [0.4, 0.5) is 0 Å². The third-order valence-corrected chi connectivity index (χ3v) is 3.66. The van der Waals surface area contributed by atoms with Gasteiger partial charge in [-0.2, -0.15) is 0 Å². The van der Waals surface area contributed by atoms with Crippen LogP contribution in [0.2, 0.25) is 0 Å². The Morgan fingerprint density at radius 1 is 1.35 bits per heavy atom. The highest BCUT2D eigenvalue weighted by Crippen LogP contribution is 2.19. The van der Waals surface area contributed by atoms with E-state index >= 15 is 0 Å². The highest BCUT2D eigenvalue weighted by atomic mass is 16.4. The fourth-order valence-electron chi connectivity index (χ4n) is 2.38. The Balaban J connectivity index is 2.88. The Bertz CT molecular complexity index is 495. The topological polar surface area (TPSA) is 176 Å². The van der Waals surface area contributed by atoms with Gasteiger partial charge in [0.2, 0.25) is 17.7 Å². The highest BCUT2D eigenvalue weighted by Gasteiger charge is 2.38. The van der Waals surface area contributed by atoms with Gasteiger partial charge in [0.05, 0.1) is 12.5 Å². The van der Waals surface area contributed by atoms with Gasteiger partial charge in [-0.1, -0.05) is 0 Å². The zero-order valence-electron chi connectivity index (χ0n) is 12.8. The van der Waals surface area contributed by atoms with Crippen LogP contribution >= 0.6 is 0 Å². The molecule has 3 amide bonds. The van der Waals surface area contributed by atoms with E-state index in [1.54, 1.807) is 0 Å². The normalized spacial score (nSPS) is 21.3. The van der Waals surface area contributed by atoms with Crippen LogP contribution in [0, 0.1) is 0 Å². The predicted octanol–water partition coefficient (Wildman–Crippen LogP) is -2.87. The molecule has 1 rings (SSSR count). The lowest BCUT2D eigenvalue weighted by atomic mass is 10.1. The monoisotopic (exact) mass is 330 g/mol. The van der Waals surface area contributed by atoms with E-state index in [2.05, 4.69) is 5.32 Å². The number of nitrogens with zero attached hydrogens (tertiary/aromatic N) is 1. The van der Waals surface area contributed by atoms with E-state index in [1.165, 1.54) is 6.92 Å². The molecule has 0 saturated carbocycles. The number of aliphatic hydroxyl groups is 1. The SMILES string of the molecule is CC(O)C(N)C(=O)NC(CC(N)=O)C(=O)N1CCCC1C(=O)O. The van der Waals surface area contributed by atoms with Gasteiger partial charge in [-0.15, -0.1) is 0 Å². The van der Waals surface area contributed by atoms with E-state index in [0.29, 0.717) is 12.8 Å². The third-order valence-electron chi connectivity index (χ3n) is 3.66. The molecule has 0 aromatic heterocycles. The van der Waals surface area contributed by atoms with E-state index in [-0.39, 0.29) is 6.54 Å². The number of rotatable bonds is 7. The first-order chi connectivity index (χ1) is 10.6. The summed E-state index contributed by atoms with van der Waals surface area (Å²) in [5, 5.41) is 20.7. The Labute approximate surface area is 132 Å². The minimum Gasteiger partial charge on any atom is -0.480 e. The summed E-state index contributed by atoms with van der Waals surface area (Å²) in [6, 6.07) is -3.60. The molecule has 130 valence electrons. The van der Waals surface area contributed by atoms with Crippen LogP contribution in [-0.2, 0) is 19.2 Å². The molecule has 0 bridgehead atoms. The molecular weight excluding hydrogens is 308 g/mol. The molecule has 1 aliphatic heterocycles. The summed E-state index contributed by atoms with van der Waals surface area (Å²) in [7, 11) is 0. The molecule has 1 aliphatic rings. The van der Waals surface area contributed by atoms with Crippen LogP contribution in [0.5, 0.6) is 0 Å². The lowest BCUT2D eigenvalue weighted by Crippen LogP contribution is -2.57. The number of aliphatic hydroxyl groups excluding tert-OH is 1. The fourth-order valence-corrected chi connectivity index (χ4v) is 2.38. The Morgan fingerprint density at radius 3 is 2.43 bits per heavy atom. The number of nitrogens with one attached hydrogen (secondary N) is 1. The Kier molecular flexibility index (Phi) is 6.46. The van der Waals surface area contributed by atoms with Crippen molar-refractivity contribution < 1.29 is 29.4 Å². The van der Waals surface area contributed by atoms with E-state index < -0.39 is 54.3 Å². The number of carboxylic acids is 1. The van der Waals surface area contributed by atoms with Crippen molar-refractivity contribution in [2.75, 3.05) is 6.54 Å². The summed E-state index contributed by atoms with van der Waals surface area (Å²) in [4.78, 5) is 47.7. The van der Waals surface area contributed by atoms with Crippen molar-refractivity contribution in [1.82, 2.24) is 10.2 Å². The van der Waals surface area contributed by atoms with Crippen LogP contribution in [0.15, 0.2) is 0 Å². The number of carbonyl (C=O) groups excluding carboxylic acids is 3. The first-order valence-electron chi connectivity index (χ1n) is 7.20. The summed E-state index contributed by atoms with van der Waals surface area (Å²) >= 11 is 0. The lowest BCUT2D eigenvalue weighted by molar-refractivity contribution is -0.149. The van der Waals surface area contributed by atoms with Crippen molar-refractivity contribution in [3.63, 3.8) is 0 Å². The minimum absolute atomic E-state index is 0.212. The molecule has 4 atom stereocenters. The largest absolute Gasteiger partial charge is 0.480 e. The van der Waals surface area contributed by atoms with Crippen LogP contribution in [0.3, 0.4) is 0 Å². The Morgan fingerprint density at radius 2 is 1.96 bits per heavy atom. The molecule has 0 aliphatic carbocycles. The second-order valence-corrected chi connectivity index (χ2v) is 5.53. The molecule has 1 heterocycles. The molecule has 0 aromatic rings.